The van der Waals surface area contributed by atoms with Crippen LogP contribution < -0.4 is 4.90 Å². The number of benzene rings is 1. The van der Waals surface area contributed by atoms with Crippen molar-refractivity contribution in [2.75, 3.05) is 32.7 Å². The molecule has 5 heteroatoms. The average Bonchev–Trinajstić information content (AvgIpc) is 3.45. The molecule has 0 spiro atoms. The molecule has 5 nitrogen and oxygen atoms in total. The second-order valence-corrected chi connectivity index (χ2v) is 7.26. The third-order valence-electron chi connectivity index (χ3n) is 5.58. The van der Waals surface area contributed by atoms with Crippen LogP contribution in [-0.4, -0.2) is 53.3 Å². The predicted molar refractivity (Wildman–Crippen MR) is 97.4 cm³/mol. The smallest absolute Gasteiger partial charge is 0.258 e. The Bertz CT molecular complexity index is 756. The van der Waals surface area contributed by atoms with Crippen LogP contribution in [-0.2, 0) is 0 Å². The fourth-order valence-electron chi connectivity index (χ4n) is 3.79. The molecule has 2 heterocycles. The van der Waals surface area contributed by atoms with Crippen molar-refractivity contribution in [2.45, 2.75) is 32.6 Å². The average molecular weight is 339 g/mol. The molecule has 1 N–H and O–H groups in total. The van der Waals surface area contributed by atoms with Gasteiger partial charge in [0.15, 0.2) is 0 Å². The molecule has 1 aliphatic carbocycles. The number of likely N-dealkylation sites (N-methyl/N-ethyl adjacent to an activating group) is 1. The Hall–Kier alpha value is -2.14. The highest BCUT2D eigenvalue weighted by Crippen LogP contribution is 2.42. The van der Waals surface area contributed by atoms with Gasteiger partial charge in [0.1, 0.15) is 0 Å². The van der Waals surface area contributed by atoms with E-state index in [-0.39, 0.29) is 5.91 Å². The molecular weight excluding hydrogens is 312 g/mol. The molecule has 0 radical (unpaired) electrons. The molecule has 25 heavy (non-hydrogen) atoms. The Morgan fingerprint density at radius 1 is 1.20 bits per heavy atom. The van der Waals surface area contributed by atoms with E-state index in [0.29, 0.717) is 5.92 Å². The van der Waals surface area contributed by atoms with Gasteiger partial charge in [-0.2, -0.15) is 5.10 Å². The first-order valence-corrected chi connectivity index (χ1v) is 9.46. The van der Waals surface area contributed by atoms with Crippen molar-refractivity contribution in [1.29, 1.82) is 0 Å². The quantitative estimate of drug-likeness (QED) is 0.915. The summed E-state index contributed by atoms with van der Waals surface area (Å²) in [5.74, 6) is 0.641. The SMILES string of the molecule is CC[NH+]1CCN(C(=O)c2c(C3CC3)nn(-c3ccccc3)c2C)CC1. The number of amides is 1. The number of rotatable bonds is 4. The van der Waals surface area contributed by atoms with Gasteiger partial charge < -0.3 is 9.80 Å². The molecule has 1 aromatic heterocycles. The summed E-state index contributed by atoms with van der Waals surface area (Å²) in [4.78, 5) is 16.9. The van der Waals surface area contributed by atoms with Gasteiger partial charge in [-0.05, 0) is 38.8 Å². The van der Waals surface area contributed by atoms with Gasteiger partial charge in [-0.1, -0.05) is 18.2 Å². The fourth-order valence-corrected chi connectivity index (χ4v) is 3.79. The van der Waals surface area contributed by atoms with Gasteiger partial charge in [-0.25, -0.2) is 4.68 Å². The van der Waals surface area contributed by atoms with Crippen molar-refractivity contribution in [3.8, 4) is 5.69 Å². The van der Waals surface area contributed by atoms with Gasteiger partial charge in [0.05, 0.1) is 55.4 Å². The van der Waals surface area contributed by atoms with Crippen molar-refractivity contribution in [2.24, 2.45) is 0 Å². The highest BCUT2D eigenvalue weighted by atomic mass is 16.2. The lowest BCUT2D eigenvalue weighted by molar-refractivity contribution is -0.902. The predicted octanol–water partition coefficient (Wildman–Crippen LogP) is 1.42. The first-order valence-electron chi connectivity index (χ1n) is 9.46. The molecule has 1 aliphatic heterocycles. The lowest BCUT2D eigenvalue weighted by atomic mass is 10.1. The first-order chi connectivity index (χ1) is 12.2. The van der Waals surface area contributed by atoms with Crippen LogP contribution in [0, 0.1) is 6.92 Å². The van der Waals surface area contributed by atoms with Crippen LogP contribution in [0.5, 0.6) is 0 Å². The fraction of sp³-hybridized carbons (Fsp3) is 0.500. The van der Waals surface area contributed by atoms with E-state index >= 15 is 0 Å². The maximum atomic E-state index is 13.3. The number of nitrogens with zero attached hydrogens (tertiary/aromatic N) is 3. The van der Waals surface area contributed by atoms with Crippen molar-refractivity contribution in [3.05, 3.63) is 47.3 Å². The third kappa shape index (κ3) is 3.09. The number of aromatic nitrogens is 2. The molecule has 1 saturated heterocycles. The number of carbonyl (C=O) groups excluding carboxylic acids is 1. The standard InChI is InChI=1S/C20H26N4O/c1-3-22-11-13-23(14-12-22)20(25)18-15(2)24(17-7-5-4-6-8-17)21-19(18)16-9-10-16/h4-8,16H,3,9-14H2,1-2H3/p+1. The highest BCUT2D eigenvalue weighted by Gasteiger charge is 2.36. The lowest BCUT2D eigenvalue weighted by Crippen LogP contribution is -3.14. The van der Waals surface area contributed by atoms with E-state index in [1.807, 2.05) is 46.8 Å². The topological polar surface area (TPSA) is 42.6 Å². The molecule has 1 amide bonds. The summed E-state index contributed by atoms with van der Waals surface area (Å²) in [5.41, 5.74) is 3.87. The molecule has 0 atom stereocenters. The zero-order valence-electron chi connectivity index (χ0n) is 15.2. The molecule has 2 fully saturated rings. The largest absolute Gasteiger partial charge is 0.332 e. The van der Waals surface area contributed by atoms with E-state index in [0.717, 1.165) is 68.2 Å². The van der Waals surface area contributed by atoms with Crippen LogP contribution in [0.2, 0.25) is 0 Å². The molecule has 1 aromatic carbocycles. The molecular formula is C20H27N4O+. The normalized spacial score (nSPS) is 18.6. The molecule has 132 valence electrons. The number of hydrogen-bond donors (Lipinski definition) is 1. The second kappa shape index (κ2) is 6.64. The maximum Gasteiger partial charge on any atom is 0.258 e. The van der Waals surface area contributed by atoms with Crippen LogP contribution in [0.1, 0.15) is 47.4 Å². The van der Waals surface area contributed by atoms with Crippen molar-refractivity contribution in [1.82, 2.24) is 14.7 Å². The minimum Gasteiger partial charge on any atom is -0.332 e. The summed E-state index contributed by atoms with van der Waals surface area (Å²) >= 11 is 0. The molecule has 0 bridgehead atoms. The van der Waals surface area contributed by atoms with Gasteiger partial charge in [0.2, 0.25) is 0 Å². The van der Waals surface area contributed by atoms with Crippen molar-refractivity contribution in [3.63, 3.8) is 0 Å². The van der Waals surface area contributed by atoms with E-state index in [4.69, 9.17) is 5.10 Å². The Morgan fingerprint density at radius 3 is 2.48 bits per heavy atom. The van der Waals surface area contributed by atoms with E-state index in [2.05, 4.69) is 6.92 Å². The second-order valence-electron chi connectivity index (χ2n) is 7.26. The van der Waals surface area contributed by atoms with Crippen LogP contribution in [0.15, 0.2) is 30.3 Å². The lowest BCUT2D eigenvalue weighted by Gasteiger charge is -2.31. The Labute approximate surface area is 149 Å². The summed E-state index contributed by atoms with van der Waals surface area (Å²) in [6.45, 7) is 9.18. The Balaban J connectivity index is 1.67. The summed E-state index contributed by atoms with van der Waals surface area (Å²) in [7, 11) is 0. The Morgan fingerprint density at radius 2 is 1.88 bits per heavy atom. The molecule has 0 unspecified atom stereocenters. The Kier molecular flexibility index (Phi) is 4.34. The van der Waals surface area contributed by atoms with Gasteiger partial charge in [0, 0.05) is 5.92 Å². The highest BCUT2D eigenvalue weighted by molar-refractivity contribution is 5.97. The van der Waals surface area contributed by atoms with Gasteiger partial charge in [-0.15, -0.1) is 0 Å². The van der Waals surface area contributed by atoms with E-state index in [1.165, 1.54) is 0 Å². The summed E-state index contributed by atoms with van der Waals surface area (Å²) in [6.07, 6.45) is 2.30. The summed E-state index contributed by atoms with van der Waals surface area (Å²) < 4.78 is 1.95. The van der Waals surface area contributed by atoms with Gasteiger partial charge in [-0.3, -0.25) is 4.79 Å². The third-order valence-corrected chi connectivity index (χ3v) is 5.58. The van der Waals surface area contributed by atoms with Gasteiger partial charge in [0.25, 0.3) is 5.91 Å². The van der Waals surface area contributed by atoms with Gasteiger partial charge >= 0.3 is 0 Å². The molecule has 2 aliphatic rings. The molecule has 1 saturated carbocycles. The zero-order valence-corrected chi connectivity index (χ0v) is 15.2. The monoisotopic (exact) mass is 339 g/mol. The van der Waals surface area contributed by atoms with Crippen LogP contribution in [0.25, 0.3) is 5.69 Å². The van der Waals surface area contributed by atoms with E-state index < -0.39 is 0 Å². The number of hydrogen-bond acceptors (Lipinski definition) is 2. The number of piperazine rings is 1. The minimum absolute atomic E-state index is 0.178. The zero-order chi connectivity index (χ0) is 17.4. The van der Waals surface area contributed by atoms with E-state index in [1.54, 1.807) is 4.90 Å². The molecule has 4 rings (SSSR count). The number of nitrogens with one attached hydrogen (secondary N) is 1. The van der Waals surface area contributed by atoms with E-state index in [9.17, 15) is 4.79 Å². The van der Waals surface area contributed by atoms with Crippen molar-refractivity contribution >= 4 is 5.91 Å². The molecule has 2 aromatic rings. The summed E-state index contributed by atoms with van der Waals surface area (Å²) in [5, 5.41) is 4.85. The van der Waals surface area contributed by atoms with Crippen LogP contribution in [0.4, 0.5) is 0 Å². The van der Waals surface area contributed by atoms with Crippen LogP contribution in [0.3, 0.4) is 0 Å². The number of quaternary nitrogens is 1. The number of para-hydroxylation sites is 1. The maximum absolute atomic E-state index is 13.3. The first kappa shape index (κ1) is 16.3. The number of carbonyl (C=O) groups is 1. The summed E-state index contributed by atoms with van der Waals surface area (Å²) in [6, 6.07) is 10.1. The van der Waals surface area contributed by atoms with Crippen molar-refractivity contribution < 1.29 is 9.69 Å². The van der Waals surface area contributed by atoms with Crippen LogP contribution >= 0.6 is 0 Å². The minimum atomic E-state index is 0.178.